The fourth-order valence-electron chi connectivity index (χ4n) is 12.4. The van der Waals surface area contributed by atoms with E-state index in [0.29, 0.717) is 78.8 Å². The summed E-state index contributed by atoms with van der Waals surface area (Å²) in [6.07, 6.45) is 9.32. The van der Waals surface area contributed by atoms with Crippen molar-refractivity contribution in [1.82, 2.24) is 39.0 Å². The lowest BCUT2D eigenvalue weighted by Gasteiger charge is -2.42. The van der Waals surface area contributed by atoms with E-state index >= 15 is 4.39 Å². The molecular weight excluding hydrogens is 919 g/mol. The lowest BCUT2D eigenvalue weighted by Crippen LogP contribution is -2.54. The fourth-order valence-corrected chi connectivity index (χ4v) is 12.4. The SMILES string of the molecule is Cc1cc(C(=O)N2CCC(CN3CCN(Cc4ccc5c(c4)C4(CC4)C(=O)N5[C@H]4CCC(=O)NC4=O)C[C@@H]3C)CC2)cc(F)c1C1=CCN([C@@H](C)c2cc3c(-n4cc(F)c(N)cc4=O)ccnc3n2C)CC1. The van der Waals surface area contributed by atoms with E-state index in [1.165, 1.54) is 10.6 Å². The number of likely N-dealkylation sites (tertiary alicyclic amines) is 1. The number of hydrogen-bond donors (Lipinski definition) is 2. The number of carbonyl (C=O) groups is 4. The zero-order chi connectivity index (χ0) is 50.3. The average Bonchev–Trinajstić information content (AvgIpc) is 4.06. The number of nitrogens with one attached hydrogen (secondary N) is 1. The summed E-state index contributed by atoms with van der Waals surface area (Å²) in [5.41, 5.74) is 12.2. The molecule has 4 fully saturated rings. The minimum atomic E-state index is -0.680. The second-order valence-electron chi connectivity index (χ2n) is 21.2. The summed E-state index contributed by atoms with van der Waals surface area (Å²) in [5.74, 6) is -1.43. The Balaban J connectivity index is 0.673. The molecule has 0 bridgehead atoms. The number of piperazine rings is 1. The number of nitrogen functional groups attached to an aromatic ring is 1. The Kier molecular flexibility index (Phi) is 12.3. The Hall–Kier alpha value is -6.56. The van der Waals surface area contributed by atoms with Crippen molar-refractivity contribution in [3.8, 4) is 5.69 Å². The molecule has 11 rings (SSSR count). The molecular formula is C55H62F2N10O5. The van der Waals surface area contributed by atoms with Crippen LogP contribution >= 0.6 is 0 Å². The van der Waals surface area contributed by atoms with Gasteiger partial charge in [-0.05, 0) is 118 Å². The molecule has 1 spiro atoms. The first-order valence-corrected chi connectivity index (χ1v) is 25.5. The van der Waals surface area contributed by atoms with Gasteiger partial charge in [-0.2, -0.15) is 0 Å². The maximum absolute atomic E-state index is 16.1. The first-order valence-electron chi connectivity index (χ1n) is 25.5. The van der Waals surface area contributed by atoms with Crippen LogP contribution in [0.2, 0.25) is 0 Å². The second-order valence-corrected chi connectivity index (χ2v) is 21.2. The van der Waals surface area contributed by atoms with Gasteiger partial charge in [-0.25, -0.2) is 13.8 Å². The Morgan fingerprint density at radius 3 is 2.43 bits per heavy atom. The highest BCUT2D eigenvalue weighted by atomic mass is 19.1. The van der Waals surface area contributed by atoms with Gasteiger partial charge in [0.2, 0.25) is 17.7 Å². The molecule has 1 aliphatic carbocycles. The number of hydrogen-bond acceptors (Lipinski definition) is 10. The molecule has 72 heavy (non-hydrogen) atoms. The number of amides is 4. The Bertz CT molecular complexity index is 3130. The van der Waals surface area contributed by atoms with Crippen molar-refractivity contribution in [3.05, 3.63) is 123 Å². The number of anilines is 2. The van der Waals surface area contributed by atoms with Gasteiger partial charge in [0.05, 0.1) is 23.0 Å². The molecule has 17 heteroatoms. The van der Waals surface area contributed by atoms with Gasteiger partial charge >= 0.3 is 0 Å². The molecule has 0 radical (unpaired) electrons. The van der Waals surface area contributed by atoms with Crippen molar-refractivity contribution in [1.29, 1.82) is 0 Å². The number of fused-ring (bicyclic) bond motifs is 3. The van der Waals surface area contributed by atoms with Crippen LogP contribution in [0.5, 0.6) is 0 Å². The maximum Gasteiger partial charge on any atom is 0.257 e. The number of pyridine rings is 2. The highest BCUT2D eigenvalue weighted by Gasteiger charge is 2.61. The van der Waals surface area contributed by atoms with Crippen molar-refractivity contribution in [2.75, 3.05) is 63.0 Å². The lowest BCUT2D eigenvalue weighted by atomic mass is 9.92. The first kappa shape index (κ1) is 47.7. The van der Waals surface area contributed by atoms with Gasteiger partial charge in [-0.3, -0.25) is 53.5 Å². The Morgan fingerprint density at radius 1 is 0.931 bits per heavy atom. The normalized spacial score (nSPS) is 22.4. The van der Waals surface area contributed by atoms with Crippen LogP contribution in [0.25, 0.3) is 22.3 Å². The van der Waals surface area contributed by atoms with Gasteiger partial charge < -0.3 is 15.2 Å². The molecule has 2 aromatic carbocycles. The van der Waals surface area contributed by atoms with E-state index < -0.39 is 28.7 Å². The number of imide groups is 1. The molecule has 8 heterocycles. The molecule has 3 N–H and O–H groups in total. The highest BCUT2D eigenvalue weighted by molar-refractivity contribution is 6.15. The number of piperidine rings is 2. The predicted molar refractivity (Wildman–Crippen MR) is 270 cm³/mol. The third kappa shape index (κ3) is 8.42. The van der Waals surface area contributed by atoms with Gasteiger partial charge in [-0.15, -0.1) is 0 Å². The molecule has 5 aliphatic heterocycles. The van der Waals surface area contributed by atoms with Crippen molar-refractivity contribution in [2.24, 2.45) is 13.0 Å². The summed E-state index contributed by atoms with van der Waals surface area (Å²) in [4.78, 5) is 80.5. The van der Waals surface area contributed by atoms with E-state index in [2.05, 4.69) is 57.1 Å². The number of aromatic nitrogens is 3. The van der Waals surface area contributed by atoms with Crippen LogP contribution in [0.4, 0.5) is 20.2 Å². The molecule has 3 aromatic heterocycles. The number of rotatable bonds is 10. The standard InChI is InChI=1S/C55H62F2N10O5/c1-32-23-38(25-41(56)50(32)37-12-19-63(20-13-37)34(3)47-26-39-44(9-16-59-51(39)61(47)4)66-31-42(57)43(58)27-49(66)69)53(71)64-17-10-35(11-18-64)30-65-22-21-62(28-33(65)2)29-36-5-6-45-40(24-36)55(14-15-55)54(72)67(45)46-7-8-48(68)60-52(46)70/h5-6,9,12,16,23-27,31,33-35,46H,7-8,10-11,13-15,17-22,28-30,58H2,1-4H3,(H,60,68,70)/t33-,34-,46-/m0/s1. The van der Waals surface area contributed by atoms with Crippen LogP contribution in [0.15, 0.2) is 71.8 Å². The number of benzene rings is 2. The monoisotopic (exact) mass is 980 g/mol. The van der Waals surface area contributed by atoms with E-state index in [0.717, 1.165) is 104 Å². The molecule has 3 atom stereocenters. The van der Waals surface area contributed by atoms with E-state index in [4.69, 9.17) is 5.73 Å². The summed E-state index contributed by atoms with van der Waals surface area (Å²) >= 11 is 0. The van der Waals surface area contributed by atoms with Crippen LogP contribution in [0, 0.1) is 24.5 Å². The average molecular weight is 981 g/mol. The van der Waals surface area contributed by atoms with Crippen LogP contribution in [-0.2, 0) is 33.4 Å². The summed E-state index contributed by atoms with van der Waals surface area (Å²) < 4.78 is 33.9. The van der Waals surface area contributed by atoms with Crippen molar-refractivity contribution < 1.29 is 28.0 Å². The molecule has 6 aliphatic rings. The number of carbonyl (C=O) groups excluding carboxylic acids is 4. The Labute approximate surface area is 417 Å². The van der Waals surface area contributed by atoms with Gasteiger partial charge in [0.25, 0.3) is 11.5 Å². The van der Waals surface area contributed by atoms with E-state index in [1.54, 1.807) is 17.2 Å². The molecule has 3 saturated heterocycles. The third-order valence-electron chi connectivity index (χ3n) is 16.7. The van der Waals surface area contributed by atoms with Crippen LogP contribution in [0.3, 0.4) is 0 Å². The number of aryl methyl sites for hydroxylation is 2. The van der Waals surface area contributed by atoms with Crippen molar-refractivity contribution in [2.45, 2.75) is 95.8 Å². The number of halogens is 2. The van der Waals surface area contributed by atoms with Crippen molar-refractivity contribution in [3.63, 3.8) is 0 Å². The van der Waals surface area contributed by atoms with Crippen LogP contribution in [0.1, 0.15) is 103 Å². The van der Waals surface area contributed by atoms with Crippen molar-refractivity contribution >= 4 is 51.6 Å². The summed E-state index contributed by atoms with van der Waals surface area (Å²) in [6, 6.07) is 13.9. The highest BCUT2D eigenvalue weighted by Crippen LogP contribution is 2.58. The van der Waals surface area contributed by atoms with Crippen LogP contribution < -0.4 is 21.5 Å². The van der Waals surface area contributed by atoms with Gasteiger partial charge in [0, 0.05) is 125 Å². The molecule has 376 valence electrons. The quantitative estimate of drug-likeness (QED) is 0.159. The zero-order valence-electron chi connectivity index (χ0n) is 41.4. The van der Waals surface area contributed by atoms with E-state index in [-0.39, 0.29) is 41.7 Å². The number of nitrogens with two attached hydrogens (primary N) is 1. The van der Waals surface area contributed by atoms with Gasteiger partial charge in [0.1, 0.15) is 17.5 Å². The molecule has 5 aromatic rings. The molecule has 4 amide bonds. The number of nitrogens with zero attached hydrogens (tertiary/aromatic N) is 8. The zero-order valence-corrected chi connectivity index (χ0v) is 41.4. The lowest BCUT2D eigenvalue weighted by molar-refractivity contribution is -0.135. The van der Waals surface area contributed by atoms with Crippen LogP contribution in [-0.4, -0.2) is 122 Å². The minimum absolute atomic E-state index is 0.0119. The van der Waals surface area contributed by atoms with Gasteiger partial charge in [-0.1, -0.05) is 18.2 Å². The summed E-state index contributed by atoms with van der Waals surface area (Å²) in [6.45, 7) is 13.3. The molecule has 0 unspecified atom stereocenters. The second kappa shape index (κ2) is 18.5. The first-order chi connectivity index (χ1) is 34.6. The largest absolute Gasteiger partial charge is 0.396 e. The summed E-state index contributed by atoms with van der Waals surface area (Å²) in [7, 11) is 1.92. The molecule has 1 saturated carbocycles. The maximum atomic E-state index is 16.1. The fraction of sp³-hybridized carbons (Fsp3) is 0.455. The van der Waals surface area contributed by atoms with Gasteiger partial charge in [0.15, 0.2) is 5.82 Å². The third-order valence-corrected chi connectivity index (χ3v) is 16.7. The smallest absolute Gasteiger partial charge is 0.257 e. The minimum Gasteiger partial charge on any atom is -0.396 e. The van der Waals surface area contributed by atoms with E-state index in [1.807, 2.05) is 41.6 Å². The topological polar surface area (TPSA) is 162 Å². The summed E-state index contributed by atoms with van der Waals surface area (Å²) in [5, 5.41) is 3.13. The Morgan fingerprint density at radius 2 is 1.72 bits per heavy atom. The van der Waals surface area contributed by atoms with E-state index in [9.17, 15) is 28.4 Å². The predicted octanol–water partition coefficient (Wildman–Crippen LogP) is 5.99. The molecule has 15 nitrogen and oxygen atoms in total.